The standard InChI is InChI=1S/C15H21O2/c1-11(15(16)12-6-3-4-7-12)13-8-5-9-14(10-13)17-2/h3-4,6-7,11,13-14H,5,8-10H2,1-2H3/t11?,13?,14-/m1/s1. The van der Waals surface area contributed by atoms with Crippen molar-refractivity contribution in [2.45, 2.75) is 38.7 Å². The minimum atomic E-state index is 0.121. The zero-order valence-corrected chi connectivity index (χ0v) is 10.7. The molecule has 0 N–H and O–H groups in total. The van der Waals surface area contributed by atoms with Crippen molar-refractivity contribution in [1.29, 1.82) is 0 Å². The third-order valence-electron chi connectivity index (χ3n) is 4.07. The summed E-state index contributed by atoms with van der Waals surface area (Å²) < 4.78 is 5.43. The van der Waals surface area contributed by atoms with Gasteiger partial charge < -0.3 is 4.74 Å². The molecule has 0 spiro atoms. The van der Waals surface area contributed by atoms with Gasteiger partial charge in [-0.15, -0.1) is 0 Å². The highest BCUT2D eigenvalue weighted by Gasteiger charge is 2.31. The SMILES string of the molecule is CO[C@@H]1CCCC(C(C)C(=O)C2=CC=C[CH]2)C1. The van der Waals surface area contributed by atoms with Crippen LogP contribution in [0, 0.1) is 18.3 Å². The van der Waals surface area contributed by atoms with Gasteiger partial charge in [0.2, 0.25) is 0 Å². The minimum absolute atomic E-state index is 0.121. The van der Waals surface area contributed by atoms with Crippen molar-refractivity contribution in [2.75, 3.05) is 7.11 Å². The van der Waals surface area contributed by atoms with Gasteiger partial charge in [-0.2, -0.15) is 0 Å². The van der Waals surface area contributed by atoms with E-state index in [1.54, 1.807) is 7.11 Å². The summed E-state index contributed by atoms with van der Waals surface area (Å²) in [7, 11) is 1.77. The van der Waals surface area contributed by atoms with E-state index in [9.17, 15) is 4.79 Å². The van der Waals surface area contributed by atoms with Crippen LogP contribution in [-0.2, 0) is 9.53 Å². The molecule has 2 heteroatoms. The Hall–Kier alpha value is -0.890. The zero-order chi connectivity index (χ0) is 12.3. The molecule has 2 unspecified atom stereocenters. The maximum Gasteiger partial charge on any atom is 0.162 e. The van der Waals surface area contributed by atoms with E-state index in [4.69, 9.17) is 4.74 Å². The van der Waals surface area contributed by atoms with Crippen LogP contribution in [0.5, 0.6) is 0 Å². The first-order valence-electron chi connectivity index (χ1n) is 6.51. The molecule has 0 aliphatic heterocycles. The Morgan fingerprint density at radius 1 is 1.41 bits per heavy atom. The van der Waals surface area contributed by atoms with Crippen molar-refractivity contribution in [3.05, 3.63) is 30.2 Å². The molecule has 0 saturated heterocycles. The van der Waals surface area contributed by atoms with Gasteiger partial charge in [0.1, 0.15) is 0 Å². The molecule has 1 radical (unpaired) electrons. The normalized spacial score (nSPS) is 30.1. The van der Waals surface area contributed by atoms with Crippen molar-refractivity contribution in [3.8, 4) is 0 Å². The summed E-state index contributed by atoms with van der Waals surface area (Å²) in [5, 5.41) is 0. The molecule has 1 saturated carbocycles. The van der Waals surface area contributed by atoms with Crippen molar-refractivity contribution in [3.63, 3.8) is 0 Å². The van der Waals surface area contributed by atoms with Crippen LogP contribution in [0.2, 0.25) is 0 Å². The quantitative estimate of drug-likeness (QED) is 0.746. The topological polar surface area (TPSA) is 26.3 Å². The average Bonchev–Trinajstić information content (AvgIpc) is 2.91. The summed E-state index contributed by atoms with van der Waals surface area (Å²) in [6, 6.07) is 0. The third-order valence-corrected chi connectivity index (χ3v) is 4.07. The van der Waals surface area contributed by atoms with Crippen molar-refractivity contribution in [1.82, 2.24) is 0 Å². The van der Waals surface area contributed by atoms with E-state index >= 15 is 0 Å². The highest BCUT2D eigenvalue weighted by Crippen LogP contribution is 2.33. The second kappa shape index (κ2) is 5.63. The lowest BCUT2D eigenvalue weighted by Gasteiger charge is -2.31. The summed E-state index contributed by atoms with van der Waals surface area (Å²) >= 11 is 0. The number of methoxy groups -OCH3 is 1. The first-order chi connectivity index (χ1) is 8.22. The molecule has 0 amide bonds. The van der Waals surface area contributed by atoms with Gasteiger partial charge in [0.25, 0.3) is 0 Å². The van der Waals surface area contributed by atoms with E-state index in [0.29, 0.717) is 12.0 Å². The van der Waals surface area contributed by atoms with Crippen LogP contribution in [0.3, 0.4) is 0 Å². The smallest absolute Gasteiger partial charge is 0.162 e. The summed E-state index contributed by atoms with van der Waals surface area (Å²) in [4.78, 5) is 12.3. The largest absolute Gasteiger partial charge is 0.381 e. The molecule has 17 heavy (non-hydrogen) atoms. The number of allylic oxidation sites excluding steroid dienone is 4. The lowest BCUT2D eigenvalue weighted by atomic mass is 9.76. The van der Waals surface area contributed by atoms with Crippen molar-refractivity contribution < 1.29 is 9.53 Å². The Morgan fingerprint density at radius 3 is 2.88 bits per heavy atom. The second-order valence-corrected chi connectivity index (χ2v) is 5.11. The zero-order valence-electron chi connectivity index (χ0n) is 10.7. The van der Waals surface area contributed by atoms with Gasteiger partial charge in [0.05, 0.1) is 6.10 Å². The average molecular weight is 233 g/mol. The molecule has 2 aliphatic rings. The van der Waals surface area contributed by atoms with Gasteiger partial charge in [-0.1, -0.05) is 31.6 Å². The highest BCUT2D eigenvalue weighted by atomic mass is 16.5. The fourth-order valence-corrected chi connectivity index (χ4v) is 2.86. The summed E-state index contributed by atoms with van der Waals surface area (Å²) in [5.41, 5.74) is 0.858. The van der Waals surface area contributed by atoms with E-state index in [-0.39, 0.29) is 11.7 Å². The van der Waals surface area contributed by atoms with Crippen LogP contribution in [0.4, 0.5) is 0 Å². The van der Waals surface area contributed by atoms with E-state index < -0.39 is 0 Å². The summed E-state index contributed by atoms with van der Waals surface area (Å²) in [5.74, 6) is 0.892. The Bertz CT molecular complexity index is 341. The Kier molecular flexibility index (Phi) is 4.16. The molecular formula is C15H21O2. The van der Waals surface area contributed by atoms with Gasteiger partial charge in [0.15, 0.2) is 5.78 Å². The molecule has 0 aromatic heterocycles. The molecule has 3 atom stereocenters. The predicted octanol–water partition coefficient (Wildman–Crippen LogP) is 3.10. The fourth-order valence-electron chi connectivity index (χ4n) is 2.86. The molecule has 0 bridgehead atoms. The van der Waals surface area contributed by atoms with Crippen LogP contribution in [-0.4, -0.2) is 19.0 Å². The monoisotopic (exact) mass is 233 g/mol. The summed E-state index contributed by atoms with van der Waals surface area (Å²) in [6.07, 6.45) is 12.6. The molecule has 2 aliphatic carbocycles. The number of hydrogen-bond donors (Lipinski definition) is 0. The van der Waals surface area contributed by atoms with E-state index in [1.165, 1.54) is 6.42 Å². The maximum atomic E-state index is 12.3. The van der Waals surface area contributed by atoms with Crippen LogP contribution in [0.1, 0.15) is 32.6 Å². The number of Topliss-reactive ketones (excluding diaryl/α,β-unsaturated/α-hetero) is 1. The molecule has 2 rings (SSSR count). The van der Waals surface area contributed by atoms with E-state index in [1.807, 2.05) is 24.6 Å². The lowest BCUT2D eigenvalue weighted by Crippen LogP contribution is -2.30. The summed E-state index contributed by atoms with van der Waals surface area (Å²) in [6.45, 7) is 2.07. The van der Waals surface area contributed by atoms with Gasteiger partial charge in [0, 0.05) is 25.0 Å². The maximum absolute atomic E-state index is 12.3. The molecule has 93 valence electrons. The number of rotatable bonds is 4. The molecular weight excluding hydrogens is 212 g/mol. The number of ether oxygens (including phenoxy) is 1. The number of ketones is 1. The fraction of sp³-hybridized carbons (Fsp3) is 0.600. The van der Waals surface area contributed by atoms with E-state index in [2.05, 4.69) is 6.92 Å². The molecule has 1 fully saturated rings. The number of carbonyl (C=O) groups is 1. The minimum Gasteiger partial charge on any atom is -0.381 e. The van der Waals surface area contributed by atoms with Crippen LogP contribution in [0.15, 0.2) is 23.8 Å². The Balaban J connectivity index is 1.94. The molecule has 2 nitrogen and oxygen atoms in total. The first kappa shape index (κ1) is 12.6. The highest BCUT2D eigenvalue weighted by molar-refractivity contribution is 6.00. The van der Waals surface area contributed by atoms with Crippen LogP contribution in [0.25, 0.3) is 0 Å². The third kappa shape index (κ3) is 2.86. The van der Waals surface area contributed by atoms with Crippen LogP contribution < -0.4 is 0 Å². The molecule has 0 heterocycles. The number of carbonyl (C=O) groups excluding carboxylic acids is 1. The predicted molar refractivity (Wildman–Crippen MR) is 68.4 cm³/mol. The first-order valence-corrected chi connectivity index (χ1v) is 6.51. The van der Waals surface area contributed by atoms with Gasteiger partial charge in [-0.3, -0.25) is 4.79 Å². The van der Waals surface area contributed by atoms with Gasteiger partial charge in [-0.05, 0) is 25.2 Å². The molecule has 0 aromatic rings. The Morgan fingerprint density at radius 2 is 2.24 bits per heavy atom. The van der Waals surface area contributed by atoms with E-state index in [0.717, 1.165) is 24.8 Å². The lowest BCUT2D eigenvalue weighted by molar-refractivity contribution is -0.121. The van der Waals surface area contributed by atoms with Crippen molar-refractivity contribution >= 4 is 5.78 Å². The number of hydrogen-bond acceptors (Lipinski definition) is 2. The molecule has 0 aromatic carbocycles. The van der Waals surface area contributed by atoms with Gasteiger partial charge in [-0.25, -0.2) is 0 Å². The Labute approximate surface area is 104 Å². The van der Waals surface area contributed by atoms with Gasteiger partial charge >= 0.3 is 0 Å². The van der Waals surface area contributed by atoms with Crippen molar-refractivity contribution in [2.24, 2.45) is 11.8 Å². The van der Waals surface area contributed by atoms with Crippen LogP contribution >= 0.6 is 0 Å². The second-order valence-electron chi connectivity index (χ2n) is 5.11.